The van der Waals surface area contributed by atoms with E-state index >= 15 is 0 Å². The summed E-state index contributed by atoms with van der Waals surface area (Å²) in [4.78, 5) is 0. The first-order chi connectivity index (χ1) is 8.81. The van der Waals surface area contributed by atoms with Crippen LogP contribution in [0, 0.1) is 29.5 Å². The van der Waals surface area contributed by atoms with Gasteiger partial charge in [0.2, 0.25) is 0 Å². The van der Waals surface area contributed by atoms with Crippen molar-refractivity contribution in [3.8, 4) is 11.7 Å². The number of hydrogen-bond acceptors (Lipinski definition) is 0. The highest BCUT2D eigenvalue weighted by molar-refractivity contribution is 6.87. The summed E-state index contributed by atoms with van der Waals surface area (Å²) in [5.41, 5.74) is 0. The Morgan fingerprint density at radius 2 is 1.21 bits per heavy atom. The molecule has 1 heteroatoms. The van der Waals surface area contributed by atoms with E-state index in [1.807, 2.05) is 0 Å². The van der Waals surface area contributed by atoms with Gasteiger partial charge < -0.3 is 5.82 Å². The molecule has 0 aromatic carbocycles. The minimum absolute atomic E-state index is 0.488. The van der Waals surface area contributed by atoms with Crippen LogP contribution in [-0.2, 0) is 0 Å². The number of unbranched alkanes of at least 4 members (excludes halogenated alkanes) is 2. The highest BCUT2D eigenvalue weighted by Crippen LogP contribution is 2.31. The summed E-state index contributed by atoms with van der Waals surface area (Å²) in [7, 11) is 0. The molecule has 0 N–H and O–H groups in total. The van der Waals surface area contributed by atoms with Crippen molar-refractivity contribution in [1.29, 1.82) is 0 Å². The second-order valence-corrected chi connectivity index (χ2v) is 7.79. The third kappa shape index (κ3) is 9.20. The molecular formula is C18H36B-. The Bertz CT molecular complexity index is 251. The maximum Gasteiger partial charge on any atom is 0.0716 e. The molecule has 0 spiro atoms. The topological polar surface area (TPSA) is 0 Å². The van der Waals surface area contributed by atoms with Gasteiger partial charge in [0.25, 0.3) is 0 Å². The molecule has 0 radical (unpaired) electrons. The zero-order valence-corrected chi connectivity index (χ0v) is 14.6. The van der Waals surface area contributed by atoms with Crippen LogP contribution in [0.1, 0.15) is 67.7 Å². The monoisotopic (exact) mass is 263 g/mol. The lowest BCUT2D eigenvalue weighted by Crippen LogP contribution is -2.37. The fraction of sp³-hybridized carbons (Fsp3) is 0.889. The first-order valence-corrected chi connectivity index (χ1v) is 8.51. The van der Waals surface area contributed by atoms with E-state index in [-0.39, 0.29) is 0 Å². The van der Waals surface area contributed by atoms with Gasteiger partial charge in [-0.3, -0.25) is 0 Å². The third-order valence-electron chi connectivity index (χ3n) is 3.83. The van der Waals surface area contributed by atoms with Gasteiger partial charge in [-0.15, -0.1) is 0 Å². The highest BCUT2D eigenvalue weighted by Gasteiger charge is 2.25. The van der Waals surface area contributed by atoms with Gasteiger partial charge in [-0.25, -0.2) is 0 Å². The molecule has 0 unspecified atom stereocenters. The smallest absolute Gasteiger partial charge is 0.0716 e. The molecule has 0 amide bonds. The van der Waals surface area contributed by atoms with Crippen LogP contribution in [0.4, 0.5) is 0 Å². The third-order valence-corrected chi connectivity index (χ3v) is 3.83. The van der Waals surface area contributed by atoms with Gasteiger partial charge in [0.05, 0.1) is 6.15 Å². The molecule has 0 aliphatic carbocycles. The Morgan fingerprint density at radius 3 is 1.53 bits per heavy atom. The quantitative estimate of drug-likeness (QED) is 0.280. The van der Waals surface area contributed by atoms with Crippen LogP contribution in [0.25, 0.3) is 0 Å². The summed E-state index contributed by atoms with van der Waals surface area (Å²) in [6.45, 7) is 16.4. The fourth-order valence-electron chi connectivity index (χ4n) is 3.73. The summed E-state index contributed by atoms with van der Waals surface area (Å²) < 4.78 is 0. The first kappa shape index (κ1) is 18.6. The van der Waals surface area contributed by atoms with Gasteiger partial charge in [0.15, 0.2) is 0 Å². The van der Waals surface area contributed by atoms with Crippen molar-refractivity contribution in [3.63, 3.8) is 0 Å². The molecule has 112 valence electrons. The van der Waals surface area contributed by atoms with Gasteiger partial charge in [-0.2, -0.15) is 24.9 Å². The van der Waals surface area contributed by atoms with Crippen molar-refractivity contribution in [1.82, 2.24) is 0 Å². The number of rotatable bonds is 8. The molecule has 0 aromatic rings. The molecule has 0 fully saturated rings. The Kier molecular flexibility index (Phi) is 9.33. The van der Waals surface area contributed by atoms with Crippen molar-refractivity contribution >= 4 is 6.15 Å². The van der Waals surface area contributed by atoms with Crippen molar-refractivity contribution in [2.45, 2.75) is 86.7 Å². The van der Waals surface area contributed by atoms with E-state index in [1.54, 1.807) is 0 Å². The second-order valence-electron chi connectivity index (χ2n) is 7.79. The van der Waals surface area contributed by atoms with Gasteiger partial charge in [0, 0.05) is 6.42 Å². The average molecular weight is 263 g/mol. The van der Waals surface area contributed by atoms with Crippen LogP contribution in [0.2, 0.25) is 19.0 Å². The van der Waals surface area contributed by atoms with E-state index in [4.69, 9.17) is 0 Å². The van der Waals surface area contributed by atoms with Gasteiger partial charge in [-0.1, -0.05) is 72.6 Å². The maximum absolute atomic E-state index is 3.77. The van der Waals surface area contributed by atoms with Gasteiger partial charge >= 0.3 is 0 Å². The molecule has 0 aromatic heterocycles. The summed E-state index contributed by atoms with van der Waals surface area (Å²) >= 11 is 0. The predicted octanol–water partition coefficient (Wildman–Crippen LogP) is 6.14. The van der Waals surface area contributed by atoms with Crippen LogP contribution in [-0.4, -0.2) is 6.15 Å². The van der Waals surface area contributed by atoms with Crippen molar-refractivity contribution in [2.75, 3.05) is 0 Å². The Labute approximate surface area is 123 Å². The molecule has 0 atom stereocenters. The van der Waals surface area contributed by atoms with Gasteiger partial charge in [0.1, 0.15) is 0 Å². The van der Waals surface area contributed by atoms with Crippen LogP contribution in [0.3, 0.4) is 0 Å². The molecular weight excluding hydrogens is 227 g/mol. The normalized spacial score (nSPS) is 12.1. The summed E-state index contributed by atoms with van der Waals surface area (Å²) in [6, 6.07) is 0. The predicted molar refractivity (Wildman–Crippen MR) is 92.0 cm³/mol. The maximum atomic E-state index is 3.77. The van der Waals surface area contributed by atoms with E-state index in [9.17, 15) is 0 Å². The SMILES string of the molecule is CCCCC#C[B-](CC(C)C)(CC(C)C)CC(C)C. The molecule has 0 heterocycles. The number of hydrogen-bond donors (Lipinski definition) is 0. The first-order valence-electron chi connectivity index (χ1n) is 8.51. The zero-order chi connectivity index (χ0) is 14.9. The molecule has 19 heavy (non-hydrogen) atoms. The molecule has 0 rings (SSSR count). The molecule has 0 saturated heterocycles. The summed E-state index contributed by atoms with van der Waals surface area (Å²) in [6.07, 6.45) is 7.06. The van der Waals surface area contributed by atoms with E-state index in [1.165, 1.54) is 31.8 Å². The Morgan fingerprint density at radius 1 is 0.789 bits per heavy atom. The molecule has 0 saturated carbocycles. The Balaban J connectivity index is 5.02. The zero-order valence-electron chi connectivity index (χ0n) is 14.6. The minimum atomic E-state index is -0.488. The largest absolute Gasteiger partial charge is 0.315 e. The molecule has 0 aliphatic rings. The lowest BCUT2D eigenvalue weighted by Gasteiger charge is -2.39. The van der Waals surface area contributed by atoms with E-state index in [2.05, 4.69) is 60.2 Å². The lowest BCUT2D eigenvalue weighted by molar-refractivity contribution is 0.650. The van der Waals surface area contributed by atoms with Crippen LogP contribution < -0.4 is 0 Å². The molecule has 0 nitrogen and oxygen atoms in total. The molecule has 0 bridgehead atoms. The van der Waals surface area contributed by atoms with Gasteiger partial charge in [-0.05, 0) is 6.42 Å². The Hall–Kier alpha value is -0.375. The van der Waals surface area contributed by atoms with Crippen LogP contribution >= 0.6 is 0 Å². The van der Waals surface area contributed by atoms with E-state index < -0.39 is 6.15 Å². The van der Waals surface area contributed by atoms with E-state index in [0.29, 0.717) is 0 Å². The standard InChI is InChI=1S/C18H36B/c1-8-9-10-11-12-19(13-16(2)3,14-17(4)5)15-18(6)7/h16-18H,8-10,13-15H2,1-7H3/q-1. The highest BCUT2D eigenvalue weighted by atomic mass is 14.1. The second kappa shape index (κ2) is 9.52. The molecule has 0 aliphatic heterocycles. The minimum Gasteiger partial charge on any atom is -0.315 e. The lowest BCUT2D eigenvalue weighted by atomic mass is 9.18. The summed E-state index contributed by atoms with van der Waals surface area (Å²) in [5, 5.41) is 0. The van der Waals surface area contributed by atoms with Crippen molar-refractivity contribution in [3.05, 3.63) is 0 Å². The van der Waals surface area contributed by atoms with Crippen LogP contribution in [0.5, 0.6) is 0 Å². The van der Waals surface area contributed by atoms with Crippen molar-refractivity contribution in [2.24, 2.45) is 17.8 Å². The average Bonchev–Trinajstić information content (AvgIpc) is 2.21. The fourth-order valence-corrected chi connectivity index (χ4v) is 3.73. The van der Waals surface area contributed by atoms with E-state index in [0.717, 1.165) is 24.2 Å². The van der Waals surface area contributed by atoms with Crippen LogP contribution in [0.15, 0.2) is 0 Å². The van der Waals surface area contributed by atoms with Crippen molar-refractivity contribution < 1.29 is 0 Å². The summed E-state index contributed by atoms with van der Waals surface area (Å²) in [5.74, 6) is 9.58.